The molecule has 61 heavy (non-hydrogen) atoms. The van der Waals surface area contributed by atoms with Crippen LogP contribution in [0.4, 0.5) is 0 Å². The number of aryl methyl sites for hydroxylation is 2. The third-order valence-corrected chi connectivity index (χ3v) is 11.0. The van der Waals surface area contributed by atoms with Crippen LogP contribution in [0.3, 0.4) is 0 Å². The van der Waals surface area contributed by atoms with Crippen LogP contribution in [-0.2, 0) is 53.3 Å². The second kappa shape index (κ2) is 20.5. The van der Waals surface area contributed by atoms with Crippen LogP contribution in [0.15, 0.2) is 65.7 Å². The number of aromatic amines is 1. The van der Waals surface area contributed by atoms with E-state index in [1.807, 2.05) is 47.4 Å². The Labute approximate surface area is 352 Å². The van der Waals surface area contributed by atoms with Gasteiger partial charge in [-0.2, -0.15) is 0 Å². The van der Waals surface area contributed by atoms with Crippen LogP contribution in [-0.4, -0.2) is 142 Å². The Kier molecular flexibility index (Phi) is 14.5. The summed E-state index contributed by atoms with van der Waals surface area (Å²) in [6.45, 7) is 5.31. The number of para-hydroxylation sites is 1. The number of amides is 4. The van der Waals surface area contributed by atoms with Crippen molar-refractivity contribution in [3.63, 3.8) is 0 Å². The summed E-state index contributed by atoms with van der Waals surface area (Å²) in [5.74, 6) is -0.833. The average molecular weight is 840 g/mol. The van der Waals surface area contributed by atoms with Crippen molar-refractivity contribution in [3.05, 3.63) is 88.2 Å². The van der Waals surface area contributed by atoms with Crippen LogP contribution < -0.4 is 11.0 Å². The SMILES string of the molecule is CN(CCOCCOCCOCCOCCc1cccc2c1n(C)c(=O)n2C1CCC(=O)NC1=O)C(=O)c1cc2ccc(C3=CCCN(C(=O)CCn4ccnn4)C3)cc2[nH]1. The lowest BCUT2D eigenvalue weighted by Crippen LogP contribution is -2.44. The summed E-state index contributed by atoms with van der Waals surface area (Å²) in [7, 11) is 3.43. The van der Waals surface area contributed by atoms with Crippen molar-refractivity contribution in [2.75, 3.05) is 79.5 Å². The Hall–Kier alpha value is -5.95. The van der Waals surface area contributed by atoms with Crippen LogP contribution in [0.1, 0.15) is 53.3 Å². The number of imide groups is 1. The van der Waals surface area contributed by atoms with Gasteiger partial charge in [-0.05, 0) is 54.2 Å². The van der Waals surface area contributed by atoms with Gasteiger partial charge in [-0.15, -0.1) is 5.10 Å². The number of hydrogen-bond donors (Lipinski definition) is 2. The Morgan fingerprint density at radius 3 is 2.43 bits per heavy atom. The molecule has 4 amide bonds. The summed E-state index contributed by atoms with van der Waals surface area (Å²) < 4.78 is 27.4. The maximum atomic E-state index is 13.2. The van der Waals surface area contributed by atoms with Crippen molar-refractivity contribution in [2.24, 2.45) is 7.05 Å². The topological polar surface area (TPSA) is 197 Å². The molecule has 0 aliphatic carbocycles. The van der Waals surface area contributed by atoms with Gasteiger partial charge in [0.1, 0.15) is 11.7 Å². The number of ether oxygens (including phenoxy) is 4. The van der Waals surface area contributed by atoms with Gasteiger partial charge in [0.25, 0.3) is 5.91 Å². The average Bonchev–Trinajstić information content (AvgIpc) is 4.01. The second-order valence-corrected chi connectivity index (χ2v) is 15.1. The number of imidazole rings is 1. The molecule has 18 heteroatoms. The van der Waals surface area contributed by atoms with Gasteiger partial charge in [0.2, 0.25) is 17.7 Å². The van der Waals surface area contributed by atoms with Gasteiger partial charge in [0.15, 0.2) is 0 Å². The number of piperidine rings is 1. The van der Waals surface area contributed by atoms with E-state index in [9.17, 15) is 24.0 Å². The van der Waals surface area contributed by atoms with Gasteiger partial charge >= 0.3 is 5.69 Å². The minimum Gasteiger partial charge on any atom is -0.379 e. The number of H-pyrrole nitrogens is 1. The van der Waals surface area contributed by atoms with Gasteiger partial charge in [-0.1, -0.05) is 35.6 Å². The van der Waals surface area contributed by atoms with Crippen LogP contribution in [0.2, 0.25) is 0 Å². The molecule has 0 bridgehead atoms. The normalized spacial score (nSPS) is 15.7. The first-order valence-corrected chi connectivity index (χ1v) is 20.7. The zero-order chi connectivity index (χ0) is 42.7. The summed E-state index contributed by atoms with van der Waals surface area (Å²) in [6.07, 6.45) is 7.72. The molecule has 2 aromatic carbocycles. The molecule has 3 aromatic heterocycles. The van der Waals surface area contributed by atoms with Crippen molar-refractivity contribution >= 4 is 51.1 Å². The van der Waals surface area contributed by atoms with Gasteiger partial charge in [0, 0.05) is 63.7 Å². The maximum absolute atomic E-state index is 13.2. The third-order valence-electron chi connectivity index (χ3n) is 11.0. The molecule has 1 saturated heterocycles. The highest BCUT2D eigenvalue weighted by Crippen LogP contribution is 2.27. The number of rotatable bonds is 21. The van der Waals surface area contributed by atoms with Crippen LogP contribution in [0, 0.1) is 0 Å². The highest BCUT2D eigenvalue weighted by atomic mass is 16.6. The first kappa shape index (κ1) is 43.1. The summed E-state index contributed by atoms with van der Waals surface area (Å²) in [5.41, 5.74) is 5.48. The predicted octanol–water partition coefficient (Wildman–Crippen LogP) is 2.48. The quantitative estimate of drug-likeness (QED) is 0.0814. The maximum Gasteiger partial charge on any atom is 0.329 e. The van der Waals surface area contributed by atoms with E-state index in [1.165, 1.54) is 4.57 Å². The number of nitrogens with zero attached hydrogens (tertiary/aromatic N) is 7. The molecule has 7 rings (SSSR count). The number of carbonyl (C=O) groups excluding carboxylic acids is 4. The number of fused-ring (bicyclic) bond motifs is 2. The fourth-order valence-electron chi connectivity index (χ4n) is 7.73. The van der Waals surface area contributed by atoms with E-state index in [0.29, 0.717) is 103 Å². The highest BCUT2D eigenvalue weighted by molar-refractivity contribution is 6.00. The van der Waals surface area contributed by atoms with E-state index in [2.05, 4.69) is 26.7 Å². The van der Waals surface area contributed by atoms with Crippen molar-refractivity contribution < 1.29 is 38.1 Å². The lowest BCUT2D eigenvalue weighted by molar-refractivity contribution is -0.136. The van der Waals surface area contributed by atoms with Crippen LogP contribution >= 0.6 is 0 Å². The van der Waals surface area contributed by atoms with Gasteiger partial charge < -0.3 is 33.7 Å². The summed E-state index contributed by atoms with van der Waals surface area (Å²) in [4.78, 5) is 70.2. The lowest BCUT2D eigenvalue weighted by atomic mass is 10.00. The summed E-state index contributed by atoms with van der Waals surface area (Å²) in [5, 5.41) is 11.0. The molecule has 1 atom stereocenters. The molecule has 1 fully saturated rings. The lowest BCUT2D eigenvalue weighted by Gasteiger charge is -2.28. The fourth-order valence-corrected chi connectivity index (χ4v) is 7.73. The Morgan fingerprint density at radius 2 is 1.69 bits per heavy atom. The van der Waals surface area contributed by atoms with Crippen molar-refractivity contribution in [1.82, 2.24) is 44.2 Å². The predicted molar refractivity (Wildman–Crippen MR) is 225 cm³/mol. The van der Waals surface area contributed by atoms with E-state index in [-0.39, 0.29) is 36.3 Å². The second-order valence-electron chi connectivity index (χ2n) is 15.1. The standard InChI is InChI=1S/C43H53N9O9/c1-48(42(56)35-28-32-9-8-31(27-34(32)45-35)33-6-4-15-50(29-33)39(54)12-16-51-17-14-44-47-51)18-20-59-22-24-61-26-25-60-23-21-58-19-13-30-5-3-7-36-40(30)49(2)43(57)52(36)37-10-11-38(53)46-41(37)55/h3,5-9,14,17,27-28,37,45H,4,10-13,15-16,18-26,29H2,1-2H3,(H,46,53,55). The Bertz CT molecular complexity index is 2420. The summed E-state index contributed by atoms with van der Waals surface area (Å²) >= 11 is 0. The van der Waals surface area contributed by atoms with E-state index < -0.39 is 11.9 Å². The summed E-state index contributed by atoms with van der Waals surface area (Å²) in [6, 6.07) is 12.8. The number of hydrogen-bond acceptors (Lipinski definition) is 11. The molecule has 2 aliphatic heterocycles. The number of nitrogens with one attached hydrogen (secondary N) is 2. The van der Waals surface area contributed by atoms with Crippen LogP contribution in [0.25, 0.3) is 27.5 Å². The molecule has 324 valence electrons. The molecule has 2 N–H and O–H groups in total. The smallest absolute Gasteiger partial charge is 0.329 e. The minimum atomic E-state index is -0.726. The zero-order valence-corrected chi connectivity index (χ0v) is 34.7. The Balaban J connectivity index is 0.737. The van der Waals surface area contributed by atoms with Crippen LogP contribution in [0.5, 0.6) is 0 Å². The molecule has 0 spiro atoms. The molecule has 18 nitrogen and oxygen atoms in total. The largest absolute Gasteiger partial charge is 0.379 e. The number of benzene rings is 2. The minimum absolute atomic E-state index is 0.0826. The van der Waals surface area contributed by atoms with Crippen molar-refractivity contribution in [2.45, 2.75) is 44.7 Å². The van der Waals surface area contributed by atoms with E-state index in [4.69, 9.17) is 18.9 Å². The number of carbonyl (C=O) groups is 4. The fraction of sp³-hybridized carbons (Fsp3) is 0.465. The number of likely N-dealkylation sites (N-methyl/N-ethyl adjacent to an activating group) is 1. The molecule has 0 saturated carbocycles. The molecule has 1 unspecified atom stereocenters. The first-order valence-electron chi connectivity index (χ1n) is 20.7. The molecule has 0 radical (unpaired) electrons. The molecule has 5 heterocycles. The third kappa shape index (κ3) is 10.7. The first-order chi connectivity index (χ1) is 29.7. The van der Waals surface area contributed by atoms with Crippen molar-refractivity contribution in [1.29, 1.82) is 0 Å². The Morgan fingerprint density at radius 1 is 0.934 bits per heavy atom. The van der Waals surface area contributed by atoms with E-state index >= 15 is 0 Å². The molecule has 5 aromatic rings. The highest BCUT2D eigenvalue weighted by Gasteiger charge is 2.31. The van der Waals surface area contributed by atoms with E-state index in [1.54, 1.807) is 40.6 Å². The zero-order valence-electron chi connectivity index (χ0n) is 34.7. The monoisotopic (exact) mass is 839 g/mol. The molecular weight excluding hydrogens is 787 g/mol. The van der Waals surface area contributed by atoms with Gasteiger partial charge in [-0.3, -0.25) is 38.3 Å². The molecule has 2 aliphatic rings. The molecular formula is C43H53N9O9. The number of aromatic nitrogens is 6. The van der Waals surface area contributed by atoms with Gasteiger partial charge in [-0.25, -0.2) is 4.79 Å². The van der Waals surface area contributed by atoms with Gasteiger partial charge in [0.05, 0.1) is 76.6 Å². The van der Waals surface area contributed by atoms with Crippen molar-refractivity contribution in [3.8, 4) is 0 Å². The van der Waals surface area contributed by atoms with E-state index in [0.717, 1.165) is 39.5 Å².